The fourth-order valence-corrected chi connectivity index (χ4v) is 3.10. The molecule has 0 unspecified atom stereocenters. The van der Waals surface area contributed by atoms with Crippen LogP contribution >= 0.6 is 11.3 Å². The minimum absolute atomic E-state index is 0.0990. The molecule has 0 radical (unpaired) electrons. The summed E-state index contributed by atoms with van der Waals surface area (Å²) >= 11 is 1.01. The molecular formula is C20H21N3O4S. The maximum absolute atomic E-state index is 12.5. The van der Waals surface area contributed by atoms with E-state index in [2.05, 4.69) is 10.3 Å². The molecule has 0 aliphatic rings. The number of esters is 1. The first kappa shape index (κ1) is 21.1. The second-order valence-electron chi connectivity index (χ2n) is 5.66. The molecule has 0 atom stereocenters. The van der Waals surface area contributed by atoms with Crippen molar-refractivity contribution in [1.29, 1.82) is 5.26 Å². The van der Waals surface area contributed by atoms with E-state index < -0.39 is 11.9 Å². The summed E-state index contributed by atoms with van der Waals surface area (Å²) in [5.74, 6) is -0.507. The third kappa shape index (κ3) is 5.41. The van der Waals surface area contributed by atoms with Crippen LogP contribution in [0.25, 0.3) is 6.08 Å². The third-order valence-electron chi connectivity index (χ3n) is 3.52. The van der Waals surface area contributed by atoms with E-state index in [1.807, 2.05) is 19.1 Å². The summed E-state index contributed by atoms with van der Waals surface area (Å²) in [6.45, 7) is 6.14. The number of carbonyl (C=O) groups excluding carboxylic acids is 2. The number of hydrogen-bond acceptors (Lipinski definition) is 7. The predicted molar refractivity (Wildman–Crippen MR) is 107 cm³/mol. The molecular weight excluding hydrogens is 378 g/mol. The molecule has 1 heterocycles. The van der Waals surface area contributed by atoms with Crippen LogP contribution in [0.5, 0.6) is 5.75 Å². The third-order valence-corrected chi connectivity index (χ3v) is 4.58. The van der Waals surface area contributed by atoms with Crippen molar-refractivity contribution in [2.24, 2.45) is 0 Å². The summed E-state index contributed by atoms with van der Waals surface area (Å²) in [5.41, 5.74) is 0.989. The van der Waals surface area contributed by atoms with Gasteiger partial charge in [-0.3, -0.25) is 10.1 Å². The zero-order valence-corrected chi connectivity index (χ0v) is 16.8. The molecule has 0 bridgehead atoms. The zero-order chi connectivity index (χ0) is 20.5. The number of nitriles is 1. The monoisotopic (exact) mass is 399 g/mol. The normalized spacial score (nSPS) is 10.9. The van der Waals surface area contributed by atoms with Gasteiger partial charge in [-0.05, 0) is 32.4 Å². The van der Waals surface area contributed by atoms with Crippen molar-refractivity contribution in [2.75, 3.05) is 18.5 Å². The van der Waals surface area contributed by atoms with E-state index in [4.69, 9.17) is 9.47 Å². The average Bonchev–Trinajstić information content (AvgIpc) is 3.05. The second kappa shape index (κ2) is 10.2. The quantitative estimate of drug-likeness (QED) is 0.409. The Morgan fingerprint density at radius 2 is 2.07 bits per heavy atom. The van der Waals surface area contributed by atoms with E-state index in [0.29, 0.717) is 28.5 Å². The lowest BCUT2D eigenvalue weighted by Gasteiger charge is -2.08. The molecule has 2 rings (SSSR count). The summed E-state index contributed by atoms with van der Waals surface area (Å²) in [6, 6.07) is 9.07. The van der Waals surface area contributed by atoms with E-state index >= 15 is 0 Å². The first-order valence-corrected chi connectivity index (χ1v) is 9.61. The molecule has 8 heteroatoms. The summed E-state index contributed by atoms with van der Waals surface area (Å²) in [7, 11) is 0. The molecule has 0 fully saturated rings. The van der Waals surface area contributed by atoms with Gasteiger partial charge in [0.2, 0.25) is 0 Å². The van der Waals surface area contributed by atoms with Crippen molar-refractivity contribution in [3.8, 4) is 11.8 Å². The van der Waals surface area contributed by atoms with Crippen molar-refractivity contribution in [2.45, 2.75) is 27.2 Å². The smallest absolute Gasteiger partial charge is 0.350 e. The molecule has 1 amide bonds. The molecule has 1 N–H and O–H groups in total. The molecule has 2 aromatic rings. The number of carbonyl (C=O) groups is 2. The van der Waals surface area contributed by atoms with Crippen LogP contribution in [0.4, 0.5) is 5.13 Å². The lowest BCUT2D eigenvalue weighted by Crippen LogP contribution is -2.13. The molecule has 0 aliphatic heterocycles. The fraction of sp³-hybridized carbons (Fsp3) is 0.300. The van der Waals surface area contributed by atoms with Crippen molar-refractivity contribution in [3.05, 3.63) is 46.0 Å². The molecule has 7 nitrogen and oxygen atoms in total. The minimum Gasteiger partial charge on any atom is -0.493 e. The van der Waals surface area contributed by atoms with Crippen LogP contribution in [0, 0.1) is 18.3 Å². The first-order valence-electron chi connectivity index (χ1n) is 8.79. The molecule has 28 heavy (non-hydrogen) atoms. The Labute approximate surface area is 167 Å². The lowest BCUT2D eigenvalue weighted by atomic mass is 10.1. The highest BCUT2D eigenvalue weighted by Gasteiger charge is 2.19. The van der Waals surface area contributed by atoms with E-state index in [9.17, 15) is 14.9 Å². The van der Waals surface area contributed by atoms with E-state index in [1.165, 1.54) is 6.08 Å². The van der Waals surface area contributed by atoms with Gasteiger partial charge < -0.3 is 9.47 Å². The topological polar surface area (TPSA) is 101 Å². The maximum Gasteiger partial charge on any atom is 0.350 e. The van der Waals surface area contributed by atoms with Crippen LogP contribution in [0.15, 0.2) is 29.8 Å². The number of para-hydroxylation sites is 1. The number of ether oxygens (including phenoxy) is 2. The van der Waals surface area contributed by atoms with Crippen LogP contribution in [-0.4, -0.2) is 30.1 Å². The maximum atomic E-state index is 12.5. The molecule has 0 saturated carbocycles. The van der Waals surface area contributed by atoms with Crippen molar-refractivity contribution >= 4 is 34.4 Å². The zero-order valence-electron chi connectivity index (χ0n) is 15.9. The van der Waals surface area contributed by atoms with Crippen LogP contribution in [-0.2, 0) is 9.53 Å². The van der Waals surface area contributed by atoms with Gasteiger partial charge in [0.05, 0.1) is 18.9 Å². The summed E-state index contributed by atoms with van der Waals surface area (Å²) in [6.07, 6.45) is 2.31. The van der Waals surface area contributed by atoms with Crippen molar-refractivity contribution in [3.63, 3.8) is 0 Å². The highest BCUT2D eigenvalue weighted by Crippen LogP contribution is 2.25. The summed E-state index contributed by atoms with van der Waals surface area (Å²) in [5, 5.41) is 12.2. The lowest BCUT2D eigenvalue weighted by molar-refractivity contribution is -0.112. The Balaban J connectivity index is 2.21. The van der Waals surface area contributed by atoms with Crippen LogP contribution in [0.1, 0.15) is 41.2 Å². The number of nitrogens with one attached hydrogen (secondary N) is 1. The number of hydrogen-bond donors (Lipinski definition) is 1. The largest absolute Gasteiger partial charge is 0.493 e. The number of amides is 1. The number of aryl methyl sites for hydroxylation is 1. The number of anilines is 1. The Morgan fingerprint density at radius 1 is 1.32 bits per heavy atom. The molecule has 0 saturated heterocycles. The Hall–Kier alpha value is -3.18. The van der Waals surface area contributed by atoms with E-state index in [-0.39, 0.29) is 17.3 Å². The number of nitrogens with zero attached hydrogens (tertiary/aromatic N) is 2. The van der Waals surface area contributed by atoms with Crippen LogP contribution in [0.2, 0.25) is 0 Å². The van der Waals surface area contributed by atoms with Gasteiger partial charge in [-0.25, -0.2) is 9.78 Å². The SMILES string of the molecule is CCCOc1ccccc1/C=C(\C#N)C(=O)Nc1nc(C)c(C(=O)OCC)s1. The van der Waals surface area contributed by atoms with Gasteiger partial charge in [0.1, 0.15) is 22.3 Å². The summed E-state index contributed by atoms with van der Waals surface area (Å²) < 4.78 is 10.6. The van der Waals surface area contributed by atoms with Gasteiger partial charge >= 0.3 is 5.97 Å². The first-order chi connectivity index (χ1) is 13.5. The number of rotatable bonds is 8. The molecule has 0 spiro atoms. The van der Waals surface area contributed by atoms with E-state index in [0.717, 1.165) is 17.8 Å². The Kier molecular flexibility index (Phi) is 7.72. The van der Waals surface area contributed by atoms with Gasteiger partial charge in [0.15, 0.2) is 5.13 Å². The molecule has 1 aromatic carbocycles. The highest BCUT2D eigenvalue weighted by atomic mass is 32.1. The van der Waals surface area contributed by atoms with Gasteiger partial charge in [0, 0.05) is 5.56 Å². The molecule has 1 aromatic heterocycles. The van der Waals surface area contributed by atoms with Crippen LogP contribution in [0.3, 0.4) is 0 Å². The summed E-state index contributed by atoms with van der Waals surface area (Å²) in [4.78, 5) is 28.9. The van der Waals surface area contributed by atoms with E-state index in [1.54, 1.807) is 32.0 Å². The number of benzene rings is 1. The molecule has 146 valence electrons. The second-order valence-corrected chi connectivity index (χ2v) is 6.66. The number of thiazole rings is 1. The fourth-order valence-electron chi connectivity index (χ4n) is 2.25. The average molecular weight is 399 g/mol. The standard InChI is InChI=1S/C20H21N3O4S/c1-4-10-27-16-9-7-6-8-14(16)11-15(12-21)18(24)23-20-22-13(3)17(28-20)19(25)26-5-2/h6-9,11H,4-5,10H2,1-3H3,(H,22,23,24)/b15-11+. The Bertz CT molecular complexity index is 928. The minimum atomic E-state index is -0.614. The number of aromatic nitrogens is 1. The van der Waals surface area contributed by atoms with Gasteiger partial charge in [-0.2, -0.15) is 5.26 Å². The van der Waals surface area contributed by atoms with Crippen molar-refractivity contribution < 1.29 is 19.1 Å². The highest BCUT2D eigenvalue weighted by molar-refractivity contribution is 7.17. The van der Waals surface area contributed by atoms with Crippen LogP contribution < -0.4 is 10.1 Å². The predicted octanol–water partition coefficient (Wildman–Crippen LogP) is 3.96. The van der Waals surface area contributed by atoms with Gasteiger partial charge in [-0.15, -0.1) is 0 Å². The van der Waals surface area contributed by atoms with Gasteiger partial charge in [-0.1, -0.05) is 36.5 Å². The van der Waals surface area contributed by atoms with Gasteiger partial charge in [0.25, 0.3) is 5.91 Å². The Morgan fingerprint density at radius 3 is 2.75 bits per heavy atom. The van der Waals surface area contributed by atoms with Crippen molar-refractivity contribution in [1.82, 2.24) is 4.98 Å². The molecule has 0 aliphatic carbocycles.